The molecule has 4 rings (SSSR count). The number of benzene rings is 3. The second-order valence-electron chi connectivity index (χ2n) is 6.32. The lowest BCUT2D eigenvalue weighted by Gasteiger charge is -2.21. The highest BCUT2D eigenvalue weighted by Gasteiger charge is 2.26. The van der Waals surface area contributed by atoms with Crippen molar-refractivity contribution in [3.63, 3.8) is 0 Å². The van der Waals surface area contributed by atoms with Crippen molar-refractivity contribution in [2.75, 3.05) is 11.5 Å². The average Bonchev–Trinajstić information content (AvgIpc) is 3.01. The molecule has 0 spiro atoms. The molecule has 1 heterocycles. The zero-order valence-corrected chi connectivity index (χ0v) is 13.7. The molecule has 4 heteroatoms. The monoisotopic (exact) mass is 329 g/mol. The number of carbonyl (C=O) groups is 1. The van der Waals surface area contributed by atoms with Gasteiger partial charge in [-0.1, -0.05) is 36.4 Å². The zero-order valence-electron chi connectivity index (χ0n) is 13.7. The first kappa shape index (κ1) is 15.3. The molecule has 0 aromatic heterocycles. The van der Waals surface area contributed by atoms with Crippen molar-refractivity contribution in [1.82, 2.24) is 5.32 Å². The molecule has 3 aromatic rings. The molecule has 5 N–H and O–H groups in total. The second kappa shape index (κ2) is 5.98. The molecule has 1 aliphatic rings. The summed E-state index contributed by atoms with van der Waals surface area (Å²) in [5, 5.41) is 2.92. The minimum Gasteiger partial charge on any atom is -0.399 e. The highest BCUT2D eigenvalue weighted by atomic mass is 16.1. The predicted molar refractivity (Wildman–Crippen MR) is 100 cm³/mol. The lowest BCUT2D eigenvalue weighted by atomic mass is 9.82. The summed E-state index contributed by atoms with van der Waals surface area (Å²) in [5.74, 6) is 0.00839. The SMILES string of the molecule is Nc1ccc(C(c2ccc(N)cc2)c2cccc3c2CNC3=O)cc1. The van der Waals surface area contributed by atoms with Crippen LogP contribution < -0.4 is 16.8 Å². The Labute approximate surface area is 146 Å². The third-order valence-electron chi connectivity index (χ3n) is 4.73. The number of nitrogen functional groups attached to an aromatic ring is 2. The summed E-state index contributed by atoms with van der Waals surface area (Å²) >= 11 is 0. The van der Waals surface area contributed by atoms with Crippen LogP contribution in [0.4, 0.5) is 11.4 Å². The highest BCUT2D eigenvalue weighted by Crippen LogP contribution is 2.36. The summed E-state index contributed by atoms with van der Waals surface area (Å²) in [6, 6.07) is 21.7. The van der Waals surface area contributed by atoms with E-state index in [1.165, 1.54) is 0 Å². The molecular formula is C21H19N3O. The first-order valence-corrected chi connectivity index (χ1v) is 8.24. The zero-order chi connectivity index (χ0) is 17.4. The van der Waals surface area contributed by atoms with Gasteiger partial charge >= 0.3 is 0 Å². The molecule has 3 aromatic carbocycles. The summed E-state index contributed by atoms with van der Waals surface area (Å²) in [6.45, 7) is 0.560. The van der Waals surface area contributed by atoms with Crippen LogP contribution in [-0.4, -0.2) is 5.91 Å². The van der Waals surface area contributed by atoms with Crippen LogP contribution in [0.5, 0.6) is 0 Å². The number of fused-ring (bicyclic) bond motifs is 1. The Hall–Kier alpha value is -3.27. The lowest BCUT2D eigenvalue weighted by molar-refractivity contribution is 0.0966. The molecule has 0 aliphatic carbocycles. The Kier molecular flexibility index (Phi) is 3.65. The molecule has 4 nitrogen and oxygen atoms in total. The normalized spacial score (nSPS) is 12.9. The van der Waals surface area contributed by atoms with Gasteiger partial charge in [0.05, 0.1) is 0 Å². The topological polar surface area (TPSA) is 81.1 Å². The third-order valence-corrected chi connectivity index (χ3v) is 4.73. The smallest absolute Gasteiger partial charge is 0.251 e. The molecule has 25 heavy (non-hydrogen) atoms. The van der Waals surface area contributed by atoms with Crippen molar-refractivity contribution in [3.8, 4) is 0 Å². The van der Waals surface area contributed by atoms with E-state index in [0.29, 0.717) is 6.54 Å². The Morgan fingerprint density at radius 2 is 1.36 bits per heavy atom. The van der Waals surface area contributed by atoms with Crippen LogP contribution >= 0.6 is 0 Å². The second-order valence-corrected chi connectivity index (χ2v) is 6.32. The first-order valence-electron chi connectivity index (χ1n) is 8.24. The van der Waals surface area contributed by atoms with Crippen LogP contribution in [-0.2, 0) is 6.54 Å². The third kappa shape index (κ3) is 2.72. The van der Waals surface area contributed by atoms with Crippen LogP contribution in [0.15, 0.2) is 66.7 Å². The summed E-state index contributed by atoms with van der Waals surface area (Å²) in [6.07, 6.45) is 0. The van der Waals surface area contributed by atoms with Gasteiger partial charge in [0.2, 0.25) is 0 Å². The standard InChI is InChI=1S/C21H19N3O/c22-15-8-4-13(5-9-15)20(14-6-10-16(23)11-7-14)17-2-1-3-18-19(17)12-24-21(18)25/h1-11,20H,12,22-23H2,(H,24,25). The molecule has 0 bridgehead atoms. The van der Waals surface area contributed by atoms with Crippen LogP contribution in [0.1, 0.15) is 38.5 Å². The Bertz CT molecular complexity index is 885. The van der Waals surface area contributed by atoms with Crippen molar-refractivity contribution in [2.45, 2.75) is 12.5 Å². The number of amides is 1. The fourth-order valence-corrected chi connectivity index (χ4v) is 3.48. The molecule has 1 aliphatic heterocycles. The number of anilines is 2. The summed E-state index contributed by atoms with van der Waals surface area (Å²) in [7, 11) is 0. The van der Waals surface area contributed by atoms with E-state index in [1.807, 2.05) is 60.7 Å². The van der Waals surface area contributed by atoms with Gasteiger partial charge in [-0.25, -0.2) is 0 Å². The number of nitrogens with one attached hydrogen (secondary N) is 1. The van der Waals surface area contributed by atoms with E-state index in [0.717, 1.165) is 39.2 Å². The van der Waals surface area contributed by atoms with Crippen LogP contribution in [0.2, 0.25) is 0 Å². The predicted octanol–water partition coefficient (Wildman–Crippen LogP) is 3.27. The minimum absolute atomic E-state index is 0.00906. The number of rotatable bonds is 3. The van der Waals surface area contributed by atoms with Crippen molar-refractivity contribution in [2.24, 2.45) is 0 Å². The highest BCUT2D eigenvalue weighted by molar-refractivity contribution is 5.98. The molecular weight excluding hydrogens is 310 g/mol. The minimum atomic E-state index is -0.00906. The van der Waals surface area contributed by atoms with Gasteiger partial charge < -0.3 is 16.8 Å². The maximum Gasteiger partial charge on any atom is 0.251 e. The van der Waals surface area contributed by atoms with Crippen LogP contribution in [0, 0.1) is 0 Å². The number of hydrogen-bond donors (Lipinski definition) is 3. The lowest BCUT2D eigenvalue weighted by Crippen LogP contribution is -2.12. The molecule has 0 fully saturated rings. The quantitative estimate of drug-likeness (QED) is 0.509. The first-order chi connectivity index (χ1) is 12.1. The van der Waals surface area contributed by atoms with E-state index < -0.39 is 0 Å². The Morgan fingerprint density at radius 3 is 1.92 bits per heavy atom. The summed E-state index contributed by atoms with van der Waals surface area (Å²) in [4.78, 5) is 12.1. The summed E-state index contributed by atoms with van der Waals surface area (Å²) < 4.78 is 0. The van der Waals surface area contributed by atoms with Gasteiger partial charge in [-0.3, -0.25) is 4.79 Å². The van der Waals surface area contributed by atoms with Crippen molar-refractivity contribution in [1.29, 1.82) is 0 Å². The van der Waals surface area contributed by atoms with Crippen molar-refractivity contribution < 1.29 is 4.79 Å². The molecule has 124 valence electrons. The van der Waals surface area contributed by atoms with Gasteiger partial charge in [0.25, 0.3) is 5.91 Å². The molecule has 0 saturated heterocycles. The van der Waals surface area contributed by atoms with Crippen molar-refractivity contribution >= 4 is 17.3 Å². The fraction of sp³-hybridized carbons (Fsp3) is 0.0952. The maximum atomic E-state index is 12.1. The van der Waals surface area contributed by atoms with E-state index in [9.17, 15) is 4.79 Å². The van der Waals surface area contributed by atoms with E-state index >= 15 is 0 Å². The van der Waals surface area contributed by atoms with Gasteiger partial charge in [-0.2, -0.15) is 0 Å². The van der Waals surface area contributed by atoms with E-state index in [2.05, 4.69) is 11.4 Å². The van der Waals surface area contributed by atoms with Crippen LogP contribution in [0.3, 0.4) is 0 Å². The average molecular weight is 329 g/mol. The Morgan fingerprint density at radius 1 is 0.800 bits per heavy atom. The fourth-order valence-electron chi connectivity index (χ4n) is 3.48. The molecule has 0 unspecified atom stereocenters. The van der Waals surface area contributed by atoms with Crippen LogP contribution in [0.25, 0.3) is 0 Å². The van der Waals surface area contributed by atoms with Gasteiger partial charge in [0.1, 0.15) is 0 Å². The molecule has 0 radical (unpaired) electrons. The van der Waals surface area contributed by atoms with E-state index in [1.54, 1.807) is 0 Å². The number of nitrogens with two attached hydrogens (primary N) is 2. The number of hydrogen-bond acceptors (Lipinski definition) is 3. The largest absolute Gasteiger partial charge is 0.399 e. The van der Waals surface area contributed by atoms with Crippen molar-refractivity contribution in [3.05, 3.63) is 94.5 Å². The van der Waals surface area contributed by atoms with E-state index in [-0.39, 0.29) is 11.8 Å². The molecule has 1 amide bonds. The van der Waals surface area contributed by atoms with Gasteiger partial charge in [0.15, 0.2) is 0 Å². The molecule has 0 saturated carbocycles. The van der Waals surface area contributed by atoms with E-state index in [4.69, 9.17) is 11.5 Å². The number of carbonyl (C=O) groups excluding carboxylic acids is 1. The van der Waals surface area contributed by atoms with Gasteiger partial charge in [-0.15, -0.1) is 0 Å². The van der Waals surface area contributed by atoms with Gasteiger partial charge in [-0.05, 0) is 52.6 Å². The molecule has 0 atom stereocenters. The van der Waals surface area contributed by atoms with Gasteiger partial charge in [0, 0.05) is 29.4 Å². The maximum absolute atomic E-state index is 12.1. The Balaban J connectivity index is 1.91. The summed E-state index contributed by atoms with van der Waals surface area (Å²) in [5.41, 5.74) is 18.4.